The van der Waals surface area contributed by atoms with Gasteiger partial charge in [0.2, 0.25) is 0 Å². The molecule has 0 atom stereocenters. The molecule has 110 valence electrons. The van der Waals surface area contributed by atoms with Gasteiger partial charge in [0.15, 0.2) is 0 Å². The normalized spacial score (nSPS) is 11.2. The van der Waals surface area contributed by atoms with Crippen LogP contribution in [0.25, 0.3) is 0 Å². The number of carboxylic acid groups (broad SMARTS) is 1. The van der Waals surface area contributed by atoms with Gasteiger partial charge in [0, 0.05) is 5.56 Å². The average Bonchev–Trinajstić information content (AvgIpc) is 3.01. The molecule has 1 aromatic carbocycles. The van der Waals surface area contributed by atoms with E-state index in [2.05, 4.69) is 5.16 Å². The number of oxime groups is 1. The van der Waals surface area contributed by atoms with Crippen LogP contribution < -0.4 is 4.74 Å². The quantitative estimate of drug-likeness (QED) is 0.485. The van der Waals surface area contributed by atoms with Crippen LogP contribution in [0.2, 0.25) is 0 Å². The molecule has 2 aromatic rings. The van der Waals surface area contributed by atoms with Crippen molar-refractivity contribution >= 4 is 23.0 Å². The van der Waals surface area contributed by atoms with Gasteiger partial charge in [-0.2, -0.15) is 0 Å². The third kappa shape index (κ3) is 4.32. The maximum absolute atomic E-state index is 10.5. The van der Waals surface area contributed by atoms with Crippen molar-refractivity contribution in [3.63, 3.8) is 0 Å². The SMILES string of the molecule is COc1ccc(/C(=N/OCCC(=O)O)c2cccs2)cc1. The van der Waals surface area contributed by atoms with Gasteiger partial charge in [-0.1, -0.05) is 11.2 Å². The van der Waals surface area contributed by atoms with Crippen LogP contribution in [0.4, 0.5) is 0 Å². The Balaban J connectivity index is 2.19. The lowest BCUT2D eigenvalue weighted by molar-refractivity contribution is -0.138. The van der Waals surface area contributed by atoms with E-state index in [4.69, 9.17) is 14.7 Å². The van der Waals surface area contributed by atoms with Gasteiger partial charge in [-0.25, -0.2) is 0 Å². The van der Waals surface area contributed by atoms with Crippen LogP contribution in [-0.4, -0.2) is 30.5 Å². The molecule has 0 radical (unpaired) electrons. The van der Waals surface area contributed by atoms with E-state index in [9.17, 15) is 4.79 Å². The highest BCUT2D eigenvalue weighted by molar-refractivity contribution is 7.12. The summed E-state index contributed by atoms with van der Waals surface area (Å²) in [4.78, 5) is 16.6. The third-order valence-electron chi connectivity index (χ3n) is 2.68. The van der Waals surface area contributed by atoms with E-state index in [0.29, 0.717) is 5.71 Å². The third-order valence-corrected chi connectivity index (χ3v) is 3.56. The Morgan fingerprint density at radius 1 is 1.29 bits per heavy atom. The number of benzene rings is 1. The lowest BCUT2D eigenvalue weighted by Gasteiger charge is -2.06. The molecule has 0 aliphatic rings. The number of nitrogens with zero attached hydrogens (tertiary/aromatic N) is 1. The molecule has 6 heteroatoms. The molecule has 2 rings (SSSR count). The fraction of sp³-hybridized carbons (Fsp3) is 0.200. The van der Waals surface area contributed by atoms with E-state index in [0.717, 1.165) is 16.2 Å². The number of aliphatic carboxylic acids is 1. The van der Waals surface area contributed by atoms with Crippen LogP contribution in [-0.2, 0) is 9.63 Å². The Morgan fingerprint density at radius 2 is 2.05 bits per heavy atom. The van der Waals surface area contributed by atoms with Crippen LogP contribution in [0.3, 0.4) is 0 Å². The molecule has 0 unspecified atom stereocenters. The molecule has 0 fully saturated rings. The minimum absolute atomic E-state index is 0.0420. The van der Waals surface area contributed by atoms with E-state index in [1.54, 1.807) is 18.4 Å². The zero-order valence-corrected chi connectivity index (χ0v) is 12.3. The fourth-order valence-electron chi connectivity index (χ4n) is 1.65. The summed E-state index contributed by atoms with van der Waals surface area (Å²) >= 11 is 1.54. The van der Waals surface area contributed by atoms with E-state index in [1.807, 2.05) is 41.8 Å². The molecular weight excluding hydrogens is 290 g/mol. The van der Waals surface area contributed by atoms with Gasteiger partial charge in [-0.3, -0.25) is 4.79 Å². The average molecular weight is 305 g/mol. The van der Waals surface area contributed by atoms with E-state index < -0.39 is 5.97 Å². The summed E-state index contributed by atoms with van der Waals surface area (Å²) in [6.07, 6.45) is -0.0795. The molecule has 1 heterocycles. The largest absolute Gasteiger partial charge is 0.497 e. The van der Waals surface area contributed by atoms with Gasteiger partial charge >= 0.3 is 5.97 Å². The summed E-state index contributed by atoms with van der Waals surface area (Å²) in [5.41, 5.74) is 1.56. The van der Waals surface area contributed by atoms with Crippen LogP contribution >= 0.6 is 11.3 Å². The van der Waals surface area contributed by atoms with E-state index in [1.165, 1.54) is 0 Å². The summed E-state index contributed by atoms with van der Waals surface area (Å²) in [6, 6.07) is 11.3. The molecule has 0 aliphatic heterocycles. The predicted octanol–water partition coefficient (Wildman–Crippen LogP) is 3.00. The highest BCUT2D eigenvalue weighted by Crippen LogP contribution is 2.19. The van der Waals surface area contributed by atoms with E-state index >= 15 is 0 Å². The highest BCUT2D eigenvalue weighted by Gasteiger charge is 2.09. The molecule has 0 saturated heterocycles. The Morgan fingerprint density at radius 3 is 2.62 bits per heavy atom. The van der Waals surface area contributed by atoms with Gasteiger partial charge in [0.1, 0.15) is 18.1 Å². The monoisotopic (exact) mass is 305 g/mol. The molecule has 0 amide bonds. The van der Waals surface area contributed by atoms with Crippen molar-refractivity contribution in [1.29, 1.82) is 0 Å². The second kappa shape index (κ2) is 7.44. The van der Waals surface area contributed by atoms with Gasteiger partial charge in [-0.15, -0.1) is 11.3 Å². The Hall–Kier alpha value is -2.34. The van der Waals surface area contributed by atoms with Crippen LogP contribution in [0.1, 0.15) is 16.9 Å². The van der Waals surface area contributed by atoms with Crippen molar-refractivity contribution < 1.29 is 19.5 Å². The van der Waals surface area contributed by atoms with Crippen molar-refractivity contribution in [3.8, 4) is 5.75 Å². The molecule has 21 heavy (non-hydrogen) atoms. The van der Waals surface area contributed by atoms with Gasteiger partial charge in [-0.05, 0) is 35.7 Å². The van der Waals surface area contributed by atoms with Crippen molar-refractivity contribution in [2.45, 2.75) is 6.42 Å². The highest BCUT2D eigenvalue weighted by atomic mass is 32.1. The van der Waals surface area contributed by atoms with Crippen LogP contribution in [0.15, 0.2) is 46.9 Å². The summed E-state index contributed by atoms with van der Waals surface area (Å²) < 4.78 is 5.13. The van der Waals surface area contributed by atoms with Crippen molar-refractivity contribution in [3.05, 3.63) is 52.2 Å². The Kier molecular flexibility index (Phi) is 5.34. The first-order valence-corrected chi connectivity index (χ1v) is 7.18. The number of rotatable bonds is 7. The molecule has 0 bridgehead atoms. The number of thiophene rings is 1. The molecule has 1 N–H and O–H groups in total. The molecule has 5 nitrogen and oxygen atoms in total. The van der Waals surface area contributed by atoms with Crippen molar-refractivity contribution in [2.24, 2.45) is 5.16 Å². The fourth-order valence-corrected chi connectivity index (χ4v) is 2.37. The predicted molar refractivity (Wildman–Crippen MR) is 81.2 cm³/mol. The second-order valence-electron chi connectivity index (χ2n) is 4.12. The maximum atomic E-state index is 10.5. The molecular formula is C15H15NO4S. The summed E-state index contributed by atoms with van der Waals surface area (Å²) in [7, 11) is 1.61. The number of carbonyl (C=O) groups is 1. The van der Waals surface area contributed by atoms with Crippen molar-refractivity contribution in [1.82, 2.24) is 0 Å². The zero-order chi connectivity index (χ0) is 15.1. The standard InChI is InChI=1S/C15H15NO4S/c1-19-12-6-4-11(5-7-12)15(13-3-2-10-21-13)16-20-9-8-14(17)18/h2-7,10H,8-9H2,1H3,(H,17,18)/b16-15-. The molecule has 0 aliphatic carbocycles. The summed E-state index contributed by atoms with van der Waals surface area (Å²) in [5.74, 6) is -0.150. The second-order valence-corrected chi connectivity index (χ2v) is 5.07. The minimum atomic E-state index is -0.910. The lowest BCUT2D eigenvalue weighted by Crippen LogP contribution is -2.05. The molecule has 1 aromatic heterocycles. The molecule has 0 saturated carbocycles. The topological polar surface area (TPSA) is 68.1 Å². The Labute approximate surface area is 126 Å². The van der Waals surface area contributed by atoms with Gasteiger partial charge in [0.25, 0.3) is 0 Å². The van der Waals surface area contributed by atoms with E-state index in [-0.39, 0.29) is 13.0 Å². The summed E-state index contributed by atoms with van der Waals surface area (Å²) in [6.45, 7) is 0.0420. The number of ether oxygens (including phenoxy) is 1. The zero-order valence-electron chi connectivity index (χ0n) is 11.5. The first-order chi connectivity index (χ1) is 10.2. The Bertz CT molecular complexity index is 605. The van der Waals surface area contributed by atoms with Crippen LogP contribution in [0.5, 0.6) is 5.75 Å². The van der Waals surface area contributed by atoms with Crippen molar-refractivity contribution in [2.75, 3.05) is 13.7 Å². The number of hydrogen-bond donors (Lipinski definition) is 1. The number of carboxylic acids is 1. The first-order valence-electron chi connectivity index (χ1n) is 6.31. The lowest BCUT2D eigenvalue weighted by atomic mass is 10.1. The van der Waals surface area contributed by atoms with Gasteiger partial charge in [0.05, 0.1) is 18.4 Å². The smallest absolute Gasteiger partial charge is 0.306 e. The number of hydrogen-bond acceptors (Lipinski definition) is 5. The van der Waals surface area contributed by atoms with Gasteiger partial charge < -0.3 is 14.7 Å². The first kappa shape index (κ1) is 15.1. The number of methoxy groups -OCH3 is 1. The van der Waals surface area contributed by atoms with Crippen LogP contribution in [0, 0.1) is 0 Å². The molecule has 0 spiro atoms. The minimum Gasteiger partial charge on any atom is -0.497 e. The maximum Gasteiger partial charge on any atom is 0.306 e. The summed E-state index contributed by atoms with van der Waals surface area (Å²) in [5, 5.41) is 14.6.